The number of guanidine groups is 1. The summed E-state index contributed by atoms with van der Waals surface area (Å²) < 4.78 is 17.6. The molecule has 3 atom stereocenters. The molecule has 0 radical (unpaired) electrons. The van der Waals surface area contributed by atoms with E-state index in [-0.39, 0.29) is 47.7 Å². The van der Waals surface area contributed by atoms with E-state index in [4.69, 9.17) is 4.74 Å². The molecule has 1 aliphatic heterocycles. The van der Waals surface area contributed by atoms with Crippen LogP contribution in [-0.2, 0) is 20.3 Å². The molecule has 2 aliphatic rings. The summed E-state index contributed by atoms with van der Waals surface area (Å²) in [4.78, 5) is 20.4. The SMILES string of the molecule is CCS(=O)C1CCCC(NC(=NCC(=O)N(C)C)NCCCN2CCOCC2)C1.I. The summed E-state index contributed by atoms with van der Waals surface area (Å²) in [6.45, 7) is 7.57. The molecule has 1 saturated heterocycles. The third kappa shape index (κ3) is 10.2. The average Bonchev–Trinajstić information content (AvgIpc) is 2.74. The fourth-order valence-electron chi connectivity index (χ4n) is 3.72. The van der Waals surface area contributed by atoms with Crippen LogP contribution in [0.2, 0.25) is 0 Å². The highest BCUT2D eigenvalue weighted by molar-refractivity contribution is 14.0. The van der Waals surface area contributed by atoms with Gasteiger partial charge in [0, 0.05) is 61.6 Å². The molecular weight excluding hydrogens is 517 g/mol. The molecule has 1 amide bonds. The van der Waals surface area contributed by atoms with Crippen LogP contribution in [0.25, 0.3) is 0 Å². The largest absolute Gasteiger partial charge is 0.379 e. The lowest BCUT2D eigenvalue weighted by Crippen LogP contribution is -2.47. The highest BCUT2D eigenvalue weighted by Gasteiger charge is 2.26. The van der Waals surface area contributed by atoms with Crippen LogP contribution in [0.1, 0.15) is 39.0 Å². The topological polar surface area (TPSA) is 86.3 Å². The van der Waals surface area contributed by atoms with Crippen molar-refractivity contribution in [2.24, 2.45) is 4.99 Å². The number of nitrogens with zero attached hydrogens (tertiary/aromatic N) is 3. The van der Waals surface area contributed by atoms with E-state index in [0.29, 0.717) is 5.96 Å². The van der Waals surface area contributed by atoms with Gasteiger partial charge in [-0.3, -0.25) is 13.9 Å². The van der Waals surface area contributed by atoms with Crippen molar-refractivity contribution >= 4 is 46.6 Å². The second-order valence-corrected chi connectivity index (χ2v) is 9.99. The lowest BCUT2D eigenvalue weighted by atomic mass is 9.95. The predicted octanol–water partition coefficient (Wildman–Crippen LogP) is 1.03. The van der Waals surface area contributed by atoms with Crippen LogP contribution in [0, 0.1) is 0 Å². The molecule has 0 spiro atoms. The Balaban J connectivity index is 0.00000450. The van der Waals surface area contributed by atoms with E-state index in [1.165, 1.54) is 0 Å². The van der Waals surface area contributed by atoms with Crippen molar-refractivity contribution in [2.75, 3.05) is 65.8 Å². The van der Waals surface area contributed by atoms with E-state index in [1.54, 1.807) is 19.0 Å². The lowest BCUT2D eigenvalue weighted by Gasteiger charge is -2.30. The summed E-state index contributed by atoms with van der Waals surface area (Å²) in [7, 11) is 2.73. The summed E-state index contributed by atoms with van der Waals surface area (Å²) in [5, 5.41) is 7.15. The van der Waals surface area contributed by atoms with Crippen molar-refractivity contribution in [1.82, 2.24) is 20.4 Å². The zero-order valence-electron chi connectivity index (χ0n) is 18.7. The van der Waals surface area contributed by atoms with Crippen LogP contribution in [0.15, 0.2) is 4.99 Å². The van der Waals surface area contributed by atoms with Crippen LogP contribution in [0.3, 0.4) is 0 Å². The van der Waals surface area contributed by atoms with Crippen LogP contribution < -0.4 is 10.6 Å². The highest BCUT2D eigenvalue weighted by Crippen LogP contribution is 2.23. The van der Waals surface area contributed by atoms with Crippen LogP contribution in [-0.4, -0.2) is 103 Å². The Morgan fingerprint density at radius 3 is 2.67 bits per heavy atom. The number of hydrogen-bond acceptors (Lipinski definition) is 5. The first-order chi connectivity index (χ1) is 14.0. The number of likely N-dealkylation sites (N-methyl/N-ethyl adjacent to an activating group) is 1. The summed E-state index contributed by atoms with van der Waals surface area (Å²) in [5.74, 6) is 1.39. The number of halogens is 1. The number of morpholine rings is 1. The van der Waals surface area contributed by atoms with E-state index in [0.717, 1.165) is 77.2 Å². The third-order valence-corrected chi connectivity index (χ3v) is 7.28. The monoisotopic (exact) mass is 557 g/mol. The van der Waals surface area contributed by atoms with Gasteiger partial charge in [0.2, 0.25) is 5.91 Å². The number of carbonyl (C=O) groups excluding carboxylic acids is 1. The molecule has 0 aromatic rings. The van der Waals surface area contributed by atoms with E-state index in [1.807, 2.05) is 6.92 Å². The second kappa shape index (κ2) is 15.4. The average molecular weight is 558 g/mol. The van der Waals surface area contributed by atoms with Gasteiger partial charge in [-0.15, -0.1) is 24.0 Å². The maximum absolute atomic E-state index is 12.2. The molecule has 1 heterocycles. The van der Waals surface area contributed by atoms with Gasteiger partial charge < -0.3 is 20.3 Å². The highest BCUT2D eigenvalue weighted by atomic mass is 127. The fourth-order valence-corrected chi connectivity index (χ4v) is 5.07. The molecule has 2 N–H and O–H groups in total. The van der Waals surface area contributed by atoms with Crippen molar-refractivity contribution in [3.05, 3.63) is 0 Å². The first-order valence-electron chi connectivity index (χ1n) is 10.9. The van der Waals surface area contributed by atoms with E-state index in [9.17, 15) is 9.00 Å². The van der Waals surface area contributed by atoms with Crippen molar-refractivity contribution in [2.45, 2.75) is 50.3 Å². The second-order valence-electron chi connectivity index (χ2n) is 7.99. The van der Waals surface area contributed by atoms with Gasteiger partial charge in [-0.2, -0.15) is 0 Å². The summed E-state index contributed by atoms with van der Waals surface area (Å²) in [5.41, 5.74) is 0. The molecule has 1 saturated carbocycles. The molecule has 30 heavy (non-hydrogen) atoms. The predicted molar refractivity (Wildman–Crippen MR) is 134 cm³/mol. The Hall–Kier alpha value is -0.460. The zero-order valence-corrected chi connectivity index (χ0v) is 21.9. The van der Waals surface area contributed by atoms with Gasteiger partial charge in [0.25, 0.3) is 0 Å². The number of hydrogen-bond donors (Lipinski definition) is 2. The van der Waals surface area contributed by atoms with E-state index < -0.39 is 10.8 Å². The first kappa shape index (κ1) is 27.6. The number of amides is 1. The molecule has 2 fully saturated rings. The lowest BCUT2D eigenvalue weighted by molar-refractivity contribution is -0.127. The van der Waals surface area contributed by atoms with Gasteiger partial charge in [0.15, 0.2) is 5.96 Å². The first-order valence-corrected chi connectivity index (χ1v) is 12.3. The Morgan fingerprint density at radius 1 is 1.27 bits per heavy atom. The molecule has 10 heteroatoms. The van der Waals surface area contributed by atoms with Gasteiger partial charge in [0.1, 0.15) is 6.54 Å². The molecule has 0 aromatic heterocycles. The fraction of sp³-hybridized carbons (Fsp3) is 0.900. The Labute approximate surface area is 201 Å². The Morgan fingerprint density at radius 2 is 2.00 bits per heavy atom. The van der Waals surface area contributed by atoms with Crippen molar-refractivity contribution < 1.29 is 13.7 Å². The molecule has 1 aliphatic carbocycles. The van der Waals surface area contributed by atoms with Gasteiger partial charge >= 0.3 is 0 Å². The molecular formula is C20H40IN5O3S. The van der Waals surface area contributed by atoms with Crippen molar-refractivity contribution in [3.8, 4) is 0 Å². The molecule has 176 valence electrons. The Bertz CT molecular complexity index is 559. The van der Waals surface area contributed by atoms with Crippen LogP contribution in [0.4, 0.5) is 0 Å². The number of aliphatic imine (C=N–C) groups is 1. The summed E-state index contributed by atoms with van der Waals surface area (Å²) in [6.07, 6.45) is 5.08. The van der Waals surface area contributed by atoms with E-state index in [2.05, 4.69) is 20.5 Å². The number of nitrogens with one attached hydrogen (secondary N) is 2. The molecule has 8 nitrogen and oxygen atoms in total. The maximum atomic E-state index is 12.2. The minimum absolute atomic E-state index is 0. The van der Waals surface area contributed by atoms with Gasteiger partial charge in [0.05, 0.1) is 13.2 Å². The molecule has 2 rings (SSSR count). The molecule has 0 aromatic carbocycles. The number of ether oxygens (including phenoxy) is 1. The molecule has 0 bridgehead atoms. The third-order valence-electron chi connectivity index (χ3n) is 5.54. The quantitative estimate of drug-likeness (QED) is 0.191. The number of carbonyl (C=O) groups is 1. The summed E-state index contributed by atoms with van der Waals surface area (Å²) in [6, 6.07) is 0.254. The summed E-state index contributed by atoms with van der Waals surface area (Å²) >= 11 is 0. The smallest absolute Gasteiger partial charge is 0.243 e. The zero-order chi connectivity index (χ0) is 21.1. The van der Waals surface area contributed by atoms with Gasteiger partial charge in [-0.25, -0.2) is 4.99 Å². The van der Waals surface area contributed by atoms with Crippen molar-refractivity contribution in [3.63, 3.8) is 0 Å². The number of rotatable bonds is 9. The minimum atomic E-state index is -0.753. The maximum Gasteiger partial charge on any atom is 0.243 e. The van der Waals surface area contributed by atoms with Gasteiger partial charge in [-0.1, -0.05) is 13.3 Å². The van der Waals surface area contributed by atoms with E-state index >= 15 is 0 Å². The van der Waals surface area contributed by atoms with Crippen molar-refractivity contribution in [1.29, 1.82) is 0 Å². The standard InChI is InChI=1S/C20H39N5O3S.HI/c1-4-29(27)18-8-5-7-17(15-18)23-20(22-16-19(26)24(2)3)21-9-6-10-25-11-13-28-14-12-25;/h17-18H,4-16H2,1-3H3,(H2,21,22,23);1H. The van der Waals surface area contributed by atoms with Crippen LogP contribution in [0.5, 0.6) is 0 Å². The Kier molecular flexibility index (Phi) is 14.1. The van der Waals surface area contributed by atoms with Gasteiger partial charge in [-0.05, 0) is 32.2 Å². The minimum Gasteiger partial charge on any atom is -0.379 e. The normalized spacial score (nSPS) is 23.9. The molecule has 3 unspecified atom stereocenters. The van der Waals surface area contributed by atoms with Crippen LogP contribution >= 0.6 is 24.0 Å².